The minimum Gasteiger partial charge on any atom is -0.494 e. The average Bonchev–Trinajstić information content (AvgIpc) is 3.28. The number of fused-ring (bicyclic) bond motifs is 1. The Hall–Kier alpha value is -2.82. The Bertz CT molecular complexity index is 1350. The molecular formula is C21H21FN4O3S2. The Balaban J connectivity index is 1.46. The normalized spacial score (nSPS) is 11.9. The van der Waals surface area contributed by atoms with Gasteiger partial charge in [0.15, 0.2) is 17.4 Å². The third-order valence-corrected chi connectivity index (χ3v) is 7.55. The molecule has 4 aromatic rings. The number of methoxy groups -OCH3 is 1. The fourth-order valence-corrected chi connectivity index (χ4v) is 5.24. The summed E-state index contributed by atoms with van der Waals surface area (Å²) in [5, 5.41) is 4.59. The third kappa shape index (κ3) is 4.32. The highest BCUT2D eigenvalue weighted by atomic mass is 32.2. The molecule has 0 fully saturated rings. The molecule has 0 aliphatic heterocycles. The lowest BCUT2D eigenvalue weighted by Gasteiger charge is -2.08. The van der Waals surface area contributed by atoms with Crippen molar-refractivity contribution in [2.24, 2.45) is 0 Å². The molecule has 0 saturated heterocycles. The third-order valence-electron chi connectivity index (χ3n) is 4.90. The van der Waals surface area contributed by atoms with Gasteiger partial charge in [-0.2, -0.15) is 4.98 Å². The topological polar surface area (TPSA) is 85.6 Å². The van der Waals surface area contributed by atoms with Crippen molar-refractivity contribution in [3.05, 3.63) is 64.4 Å². The van der Waals surface area contributed by atoms with E-state index in [1.54, 1.807) is 4.52 Å². The highest BCUT2D eigenvalue weighted by Crippen LogP contribution is 2.26. The van der Waals surface area contributed by atoms with Crippen LogP contribution in [0.3, 0.4) is 0 Å². The van der Waals surface area contributed by atoms with E-state index in [2.05, 4.69) is 14.8 Å². The van der Waals surface area contributed by atoms with Crippen LogP contribution in [-0.2, 0) is 16.4 Å². The SMILES string of the molecule is COc1ccc(S(=O)(=O)NCCc2sc3nc(-c4ccc(C)cc4)nn3c2C)cc1F. The predicted octanol–water partition coefficient (Wildman–Crippen LogP) is 3.74. The summed E-state index contributed by atoms with van der Waals surface area (Å²) < 4.78 is 47.9. The van der Waals surface area contributed by atoms with Crippen LogP contribution >= 0.6 is 11.3 Å². The second-order valence-electron chi connectivity index (χ2n) is 7.05. The Morgan fingerprint density at radius 3 is 2.55 bits per heavy atom. The summed E-state index contributed by atoms with van der Waals surface area (Å²) in [6.07, 6.45) is 0.471. The summed E-state index contributed by atoms with van der Waals surface area (Å²) >= 11 is 1.47. The van der Waals surface area contributed by atoms with Crippen LogP contribution < -0.4 is 9.46 Å². The minimum absolute atomic E-state index is 0.00554. The molecule has 31 heavy (non-hydrogen) atoms. The van der Waals surface area contributed by atoms with Gasteiger partial charge in [-0.15, -0.1) is 5.10 Å². The number of sulfonamides is 1. The van der Waals surface area contributed by atoms with Crippen LogP contribution in [-0.4, -0.2) is 36.7 Å². The van der Waals surface area contributed by atoms with E-state index in [-0.39, 0.29) is 17.2 Å². The van der Waals surface area contributed by atoms with Crippen LogP contribution in [0, 0.1) is 19.7 Å². The van der Waals surface area contributed by atoms with Crippen molar-refractivity contribution in [3.63, 3.8) is 0 Å². The van der Waals surface area contributed by atoms with Gasteiger partial charge in [0.1, 0.15) is 0 Å². The summed E-state index contributed by atoms with van der Waals surface area (Å²) in [5.41, 5.74) is 3.03. The zero-order chi connectivity index (χ0) is 22.2. The Morgan fingerprint density at radius 1 is 1.16 bits per heavy atom. The van der Waals surface area contributed by atoms with Crippen molar-refractivity contribution in [3.8, 4) is 17.1 Å². The van der Waals surface area contributed by atoms with Crippen LogP contribution in [0.4, 0.5) is 4.39 Å². The number of nitrogens with zero attached hydrogens (tertiary/aromatic N) is 3. The lowest BCUT2D eigenvalue weighted by atomic mass is 10.1. The van der Waals surface area contributed by atoms with E-state index in [9.17, 15) is 12.8 Å². The first-order chi connectivity index (χ1) is 14.8. The van der Waals surface area contributed by atoms with E-state index in [0.717, 1.165) is 27.2 Å². The molecule has 0 aliphatic rings. The van der Waals surface area contributed by atoms with E-state index in [1.165, 1.54) is 36.1 Å². The van der Waals surface area contributed by atoms with E-state index >= 15 is 0 Å². The molecule has 4 rings (SSSR count). The molecule has 0 unspecified atom stereocenters. The number of aryl methyl sites for hydroxylation is 2. The van der Waals surface area contributed by atoms with Crippen molar-refractivity contribution in [2.75, 3.05) is 13.7 Å². The molecule has 0 amide bonds. The van der Waals surface area contributed by atoms with Gasteiger partial charge in [0.05, 0.1) is 17.7 Å². The highest BCUT2D eigenvalue weighted by Gasteiger charge is 2.18. The number of rotatable bonds is 7. The number of thiazole rings is 1. The van der Waals surface area contributed by atoms with Gasteiger partial charge in [-0.25, -0.2) is 22.0 Å². The van der Waals surface area contributed by atoms with Crippen LogP contribution in [0.15, 0.2) is 47.4 Å². The van der Waals surface area contributed by atoms with Crippen molar-refractivity contribution in [1.82, 2.24) is 19.3 Å². The number of benzene rings is 2. The summed E-state index contributed by atoms with van der Waals surface area (Å²) in [4.78, 5) is 6.19. The maximum Gasteiger partial charge on any atom is 0.240 e. The lowest BCUT2D eigenvalue weighted by Crippen LogP contribution is -2.26. The molecule has 162 valence electrons. The highest BCUT2D eigenvalue weighted by molar-refractivity contribution is 7.89. The molecule has 0 aliphatic carbocycles. The van der Waals surface area contributed by atoms with Crippen molar-refractivity contribution in [2.45, 2.75) is 25.2 Å². The molecule has 1 N–H and O–H groups in total. The monoisotopic (exact) mass is 460 g/mol. The second-order valence-corrected chi connectivity index (χ2v) is 9.88. The fraction of sp³-hybridized carbons (Fsp3) is 0.238. The van der Waals surface area contributed by atoms with Gasteiger partial charge < -0.3 is 4.74 Å². The van der Waals surface area contributed by atoms with Gasteiger partial charge in [-0.3, -0.25) is 0 Å². The smallest absolute Gasteiger partial charge is 0.240 e. The first-order valence-electron chi connectivity index (χ1n) is 9.54. The summed E-state index contributed by atoms with van der Waals surface area (Å²) in [7, 11) is -2.51. The van der Waals surface area contributed by atoms with E-state index in [1.807, 2.05) is 38.1 Å². The molecule has 0 bridgehead atoms. The molecule has 0 saturated carbocycles. The molecular weight excluding hydrogens is 439 g/mol. The number of aromatic nitrogens is 3. The number of ether oxygens (including phenoxy) is 1. The van der Waals surface area contributed by atoms with Crippen LogP contribution in [0.5, 0.6) is 5.75 Å². The van der Waals surface area contributed by atoms with Crippen LogP contribution in [0.2, 0.25) is 0 Å². The Labute approximate surface area is 183 Å². The molecule has 2 heterocycles. The number of nitrogens with one attached hydrogen (secondary N) is 1. The average molecular weight is 461 g/mol. The van der Waals surface area contributed by atoms with Crippen LogP contribution in [0.25, 0.3) is 16.3 Å². The maximum absolute atomic E-state index is 13.8. The molecule has 10 heteroatoms. The summed E-state index contributed by atoms with van der Waals surface area (Å²) in [6.45, 7) is 4.13. The van der Waals surface area contributed by atoms with Crippen molar-refractivity contribution in [1.29, 1.82) is 0 Å². The summed E-state index contributed by atoms with van der Waals surface area (Å²) in [5.74, 6) is -0.0756. The fourth-order valence-electron chi connectivity index (χ4n) is 3.14. The van der Waals surface area contributed by atoms with Crippen LogP contribution in [0.1, 0.15) is 16.1 Å². The second kappa shape index (κ2) is 8.37. The van der Waals surface area contributed by atoms with Gasteiger partial charge in [0.25, 0.3) is 0 Å². The number of halogens is 1. The molecule has 0 atom stereocenters. The first kappa shape index (κ1) is 21.4. The quantitative estimate of drug-likeness (QED) is 0.454. The van der Waals surface area contributed by atoms with E-state index < -0.39 is 15.8 Å². The molecule has 2 aromatic heterocycles. The zero-order valence-corrected chi connectivity index (χ0v) is 18.8. The standard InChI is InChI=1S/C21H21FN4O3S2/c1-13-4-6-15(7-5-13)20-24-21-26(25-20)14(2)19(30-21)10-11-23-31(27,28)16-8-9-18(29-3)17(22)12-16/h4-9,12,23H,10-11H2,1-3H3. The van der Waals surface area contributed by atoms with Crippen molar-refractivity contribution < 1.29 is 17.5 Å². The van der Waals surface area contributed by atoms with Gasteiger partial charge in [0.2, 0.25) is 15.0 Å². The van der Waals surface area contributed by atoms with Gasteiger partial charge >= 0.3 is 0 Å². The number of hydrogen-bond donors (Lipinski definition) is 1. The van der Waals surface area contributed by atoms with E-state index in [4.69, 9.17) is 4.74 Å². The first-order valence-corrected chi connectivity index (χ1v) is 11.8. The minimum atomic E-state index is -3.83. The van der Waals surface area contributed by atoms with Gasteiger partial charge in [0, 0.05) is 17.0 Å². The molecule has 7 nitrogen and oxygen atoms in total. The molecule has 0 spiro atoms. The largest absolute Gasteiger partial charge is 0.494 e. The molecule has 0 radical (unpaired) electrons. The maximum atomic E-state index is 13.8. The predicted molar refractivity (Wildman–Crippen MR) is 118 cm³/mol. The molecule has 2 aromatic carbocycles. The van der Waals surface area contributed by atoms with Gasteiger partial charge in [-0.1, -0.05) is 41.2 Å². The lowest BCUT2D eigenvalue weighted by molar-refractivity contribution is 0.385. The Kier molecular flexibility index (Phi) is 5.78. The van der Waals surface area contributed by atoms with E-state index in [0.29, 0.717) is 12.2 Å². The number of hydrogen-bond acceptors (Lipinski definition) is 6. The van der Waals surface area contributed by atoms with Crippen molar-refractivity contribution >= 4 is 26.3 Å². The summed E-state index contributed by atoms with van der Waals surface area (Å²) in [6, 6.07) is 11.6. The van der Waals surface area contributed by atoms with Gasteiger partial charge in [-0.05, 0) is 38.5 Å². The zero-order valence-electron chi connectivity index (χ0n) is 17.2. The Morgan fingerprint density at radius 2 is 1.90 bits per heavy atom.